The standard InChI is InChI=1S/C20H24N2O2/c21-6-5-14-1-3-17(4-2-14)22-18(23)12-19-8-15-7-16(9-19)11-20(24,10-15)13-19/h1-4,15-16,24H,5,7-13H2,(H,22,23)/t15-,16+,19?,20?. The lowest BCUT2D eigenvalue weighted by atomic mass is 9.47. The lowest BCUT2D eigenvalue weighted by Crippen LogP contribution is -2.56. The number of amides is 1. The third-order valence-electron chi connectivity index (χ3n) is 6.21. The SMILES string of the molecule is N#CCc1ccc(NC(=O)CC23C[C@@H]4C[C@@H](CC(O)(C4)C2)C3)cc1. The summed E-state index contributed by atoms with van der Waals surface area (Å²) >= 11 is 0. The summed E-state index contributed by atoms with van der Waals surface area (Å²) in [5.41, 5.74) is 1.23. The molecule has 1 amide bonds. The molecule has 0 aromatic heterocycles. The Kier molecular flexibility index (Phi) is 3.65. The van der Waals surface area contributed by atoms with Crippen LogP contribution in [0.3, 0.4) is 0 Å². The Bertz CT molecular complexity index is 675. The first-order chi connectivity index (χ1) is 11.5. The summed E-state index contributed by atoms with van der Waals surface area (Å²) in [5.74, 6) is 1.26. The minimum atomic E-state index is -0.511. The number of carbonyl (C=O) groups excluding carboxylic acids is 1. The zero-order valence-electron chi connectivity index (χ0n) is 13.9. The van der Waals surface area contributed by atoms with Gasteiger partial charge in [-0.15, -0.1) is 0 Å². The highest BCUT2D eigenvalue weighted by atomic mass is 16.3. The van der Waals surface area contributed by atoms with E-state index < -0.39 is 5.60 Å². The normalized spacial score (nSPS) is 36.3. The number of nitriles is 1. The second-order valence-corrected chi connectivity index (χ2v) is 8.44. The number of aliphatic hydroxyl groups is 1. The Morgan fingerprint density at radius 3 is 2.46 bits per heavy atom. The summed E-state index contributed by atoms with van der Waals surface area (Å²) < 4.78 is 0. The number of nitrogens with one attached hydrogen (secondary N) is 1. The van der Waals surface area contributed by atoms with E-state index in [-0.39, 0.29) is 11.3 Å². The minimum Gasteiger partial charge on any atom is -0.390 e. The van der Waals surface area contributed by atoms with Gasteiger partial charge in [0, 0.05) is 12.1 Å². The van der Waals surface area contributed by atoms with Crippen molar-refractivity contribution in [1.82, 2.24) is 0 Å². The van der Waals surface area contributed by atoms with Gasteiger partial charge in [-0.1, -0.05) is 12.1 Å². The van der Waals surface area contributed by atoms with E-state index in [1.165, 1.54) is 6.42 Å². The molecule has 4 bridgehead atoms. The maximum atomic E-state index is 12.6. The molecule has 4 aliphatic carbocycles. The third-order valence-corrected chi connectivity index (χ3v) is 6.21. The highest BCUT2D eigenvalue weighted by Gasteiger charge is 2.57. The first-order valence-corrected chi connectivity index (χ1v) is 8.96. The van der Waals surface area contributed by atoms with Gasteiger partial charge in [0.05, 0.1) is 18.1 Å². The topological polar surface area (TPSA) is 73.1 Å². The lowest BCUT2D eigenvalue weighted by molar-refractivity contribution is -0.167. The van der Waals surface area contributed by atoms with E-state index in [9.17, 15) is 9.90 Å². The van der Waals surface area contributed by atoms with Gasteiger partial charge in [-0.25, -0.2) is 0 Å². The van der Waals surface area contributed by atoms with Crippen LogP contribution in [0.1, 0.15) is 50.5 Å². The molecule has 4 fully saturated rings. The van der Waals surface area contributed by atoms with Crippen LogP contribution in [-0.2, 0) is 11.2 Å². The number of anilines is 1. The molecule has 0 radical (unpaired) electrons. The second-order valence-electron chi connectivity index (χ2n) is 8.44. The van der Waals surface area contributed by atoms with Crippen LogP contribution in [0.4, 0.5) is 5.69 Å². The molecule has 126 valence electrons. The first-order valence-electron chi connectivity index (χ1n) is 8.96. The molecule has 0 saturated heterocycles. The molecule has 1 aromatic carbocycles. The predicted molar refractivity (Wildman–Crippen MR) is 91.1 cm³/mol. The van der Waals surface area contributed by atoms with Gasteiger partial charge in [0.2, 0.25) is 5.91 Å². The molecule has 24 heavy (non-hydrogen) atoms. The van der Waals surface area contributed by atoms with Crippen molar-refractivity contribution >= 4 is 11.6 Å². The lowest BCUT2D eigenvalue weighted by Gasteiger charge is -2.60. The van der Waals surface area contributed by atoms with Crippen molar-refractivity contribution in [3.05, 3.63) is 29.8 Å². The molecule has 4 atom stereocenters. The maximum absolute atomic E-state index is 12.6. The zero-order chi connectivity index (χ0) is 16.8. The molecule has 4 saturated carbocycles. The van der Waals surface area contributed by atoms with E-state index in [1.54, 1.807) is 0 Å². The molecule has 5 rings (SSSR count). The Labute approximate surface area is 142 Å². The van der Waals surface area contributed by atoms with E-state index in [4.69, 9.17) is 5.26 Å². The number of benzene rings is 1. The van der Waals surface area contributed by atoms with E-state index >= 15 is 0 Å². The molecular weight excluding hydrogens is 300 g/mol. The molecule has 0 heterocycles. The van der Waals surface area contributed by atoms with Gasteiger partial charge in [0.1, 0.15) is 0 Å². The van der Waals surface area contributed by atoms with Crippen molar-refractivity contribution in [3.8, 4) is 6.07 Å². The van der Waals surface area contributed by atoms with Crippen LogP contribution < -0.4 is 5.32 Å². The van der Waals surface area contributed by atoms with Crippen molar-refractivity contribution < 1.29 is 9.90 Å². The van der Waals surface area contributed by atoms with Gasteiger partial charge in [0.25, 0.3) is 0 Å². The maximum Gasteiger partial charge on any atom is 0.224 e. The van der Waals surface area contributed by atoms with Crippen molar-refractivity contribution in [2.45, 2.75) is 57.0 Å². The van der Waals surface area contributed by atoms with Crippen LogP contribution in [0.15, 0.2) is 24.3 Å². The van der Waals surface area contributed by atoms with Crippen LogP contribution in [0.5, 0.6) is 0 Å². The highest BCUT2D eigenvalue weighted by Crippen LogP contribution is 2.62. The monoisotopic (exact) mass is 324 g/mol. The number of carbonyl (C=O) groups is 1. The van der Waals surface area contributed by atoms with Gasteiger partial charge in [-0.05, 0) is 73.5 Å². The fraction of sp³-hybridized carbons (Fsp3) is 0.600. The summed E-state index contributed by atoms with van der Waals surface area (Å²) in [7, 11) is 0. The predicted octanol–water partition coefficient (Wildman–Crippen LogP) is 3.41. The van der Waals surface area contributed by atoms with Crippen molar-refractivity contribution in [2.24, 2.45) is 17.3 Å². The number of nitrogens with zero attached hydrogens (tertiary/aromatic N) is 1. The molecule has 4 nitrogen and oxygen atoms in total. The van der Waals surface area contributed by atoms with E-state index in [2.05, 4.69) is 11.4 Å². The smallest absolute Gasteiger partial charge is 0.224 e. The van der Waals surface area contributed by atoms with Crippen molar-refractivity contribution in [1.29, 1.82) is 5.26 Å². The van der Waals surface area contributed by atoms with Gasteiger partial charge in [0.15, 0.2) is 0 Å². The largest absolute Gasteiger partial charge is 0.390 e. The van der Waals surface area contributed by atoms with Crippen molar-refractivity contribution in [2.75, 3.05) is 5.32 Å². The van der Waals surface area contributed by atoms with Crippen LogP contribution in [0.25, 0.3) is 0 Å². The third kappa shape index (κ3) is 2.93. The number of hydrogen-bond donors (Lipinski definition) is 2. The minimum absolute atomic E-state index is 0.00364. The van der Waals surface area contributed by atoms with E-state index in [0.717, 1.165) is 43.4 Å². The summed E-state index contributed by atoms with van der Waals surface area (Å²) in [5, 5.41) is 22.5. The molecule has 0 spiro atoms. The van der Waals surface area contributed by atoms with E-state index in [0.29, 0.717) is 24.7 Å². The number of hydrogen-bond acceptors (Lipinski definition) is 3. The van der Waals surface area contributed by atoms with Crippen molar-refractivity contribution in [3.63, 3.8) is 0 Å². The van der Waals surface area contributed by atoms with Crippen LogP contribution >= 0.6 is 0 Å². The fourth-order valence-electron chi connectivity index (χ4n) is 5.95. The molecular formula is C20H24N2O2. The fourth-order valence-corrected chi connectivity index (χ4v) is 5.95. The number of rotatable bonds is 4. The first kappa shape index (κ1) is 15.7. The Hall–Kier alpha value is -1.86. The summed E-state index contributed by atoms with van der Waals surface area (Å²) in [6.45, 7) is 0. The molecule has 2 unspecified atom stereocenters. The summed E-state index contributed by atoms with van der Waals surface area (Å²) in [6.07, 6.45) is 7.01. The molecule has 0 aliphatic heterocycles. The van der Waals surface area contributed by atoms with Crippen LogP contribution in [0.2, 0.25) is 0 Å². The Morgan fingerprint density at radius 2 is 1.88 bits per heavy atom. The molecule has 2 N–H and O–H groups in total. The Balaban J connectivity index is 1.42. The van der Waals surface area contributed by atoms with Gasteiger partial charge in [-0.3, -0.25) is 4.79 Å². The average molecular weight is 324 g/mol. The highest BCUT2D eigenvalue weighted by molar-refractivity contribution is 5.91. The molecule has 4 heteroatoms. The zero-order valence-corrected chi connectivity index (χ0v) is 13.9. The van der Waals surface area contributed by atoms with Gasteiger partial charge in [-0.2, -0.15) is 5.26 Å². The average Bonchev–Trinajstić information content (AvgIpc) is 2.46. The summed E-state index contributed by atoms with van der Waals surface area (Å²) in [4.78, 5) is 12.6. The quantitative estimate of drug-likeness (QED) is 0.891. The Morgan fingerprint density at radius 1 is 1.21 bits per heavy atom. The van der Waals surface area contributed by atoms with Crippen LogP contribution in [0, 0.1) is 28.6 Å². The second kappa shape index (κ2) is 5.60. The summed E-state index contributed by atoms with van der Waals surface area (Å²) in [6, 6.07) is 9.60. The van der Waals surface area contributed by atoms with Gasteiger partial charge < -0.3 is 10.4 Å². The van der Waals surface area contributed by atoms with Crippen LogP contribution in [-0.4, -0.2) is 16.6 Å². The molecule has 1 aromatic rings. The molecule has 4 aliphatic rings. The van der Waals surface area contributed by atoms with Gasteiger partial charge >= 0.3 is 0 Å². The van der Waals surface area contributed by atoms with E-state index in [1.807, 2.05) is 24.3 Å².